The van der Waals surface area contributed by atoms with E-state index in [1.54, 1.807) is 0 Å². The van der Waals surface area contributed by atoms with Gasteiger partial charge in [0.2, 0.25) is 0 Å². The molecule has 0 saturated heterocycles. The van der Waals surface area contributed by atoms with Gasteiger partial charge in [0.15, 0.2) is 0 Å². The molecule has 2 aromatic carbocycles. The van der Waals surface area contributed by atoms with Crippen molar-refractivity contribution in [1.82, 2.24) is 0 Å². The summed E-state index contributed by atoms with van der Waals surface area (Å²) in [5, 5.41) is 0. The maximum absolute atomic E-state index is 12.1. The molecule has 0 bridgehead atoms. The molecular formula is C22H22O. The maximum Gasteiger partial charge on any atom is 0.133 e. The number of carbonyl (C=O) groups excluding carboxylic acids is 1. The monoisotopic (exact) mass is 302 g/mol. The molecule has 1 nitrogen and oxygen atoms in total. The van der Waals surface area contributed by atoms with Crippen molar-refractivity contribution in [3.63, 3.8) is 0 Å². The van der Waals surface area contributed by atoms with E-state index in [9.17, 15) is 4.79 Å². The molecule has 23 heavy (non-hydrogen) atoms. The Labute approximate surface area is 138 Å². The van der Waals surface area contributed by atoms with E-state index in [4.69, 9.17) is 0 Å². The van der Waals surface area contributed by atoms with Crippen molar-refractivity contribution in [2.24, 2.45) is 0 Å². The first kappa shape index (κ1) is 14.4. The highest BCUT2D eigenvalue weighted by molar-refractivity contribution is 5.87. The summed E-state index contributed by atoms with van der Waals surface area (Å²) in [5.74, 6) is 0.446. The molecule has 1 spiro atoms. The van der Waals surface area contributed by atoms with Crippen LogP contribution in [0.15, 0.2) is 54.6 Å². The van der Waals surface area contributed by atoms with Crippen molar-refractivity contribution >= 4 is 17.4 Å². The van der Waals surface area contributed by atoms with E-state index in [1.165, 1.54) is 22.3 Å². The van der Waals surface area contributed by atoms with Crippen LogP contribution >= 0.6 is 0 Å². The Hall–Kier alpha value is -2.15. The third-order valence-electron chi connectivity index (χ3n) is 5.50. The summed E-state index contributed by atoms with van der Waals surface area (Å²) < 4.78 is 0. The third kappa shape index (κ3) is 2.65. The van der Waals surface area contributed by atoms with E-state index in [0.29, 0.717) is 5.78 Å². The van der Waals surface area contributed by atoms with Crippen LogP contribution in [0.2, 0.25) is 0 Å². The predicted octanol–water partition coefficient (Wildman–Crippen LogP) is 5.40. The van der Waals surface area contributed by atoms with Crippen LogP contribution in [0.3, 0.4) is 0 Å². The molecule has 0 N–H and O–H groups in total. The molecule has 1 saturated carbocycles. The van der Waals surface area contributed by atoms with E-state index in [0.717, 1.165) is 38.5 Å². The zero-order valence-corrected chi connectivity index (χ0v) is 13.4. The largest absolute Gasteiger partial charge is 0.300 e. The second-order valence-electron chi connectivity index (χ2n) is 6.98. The molecule has 0 radical (unpaired) electrons. The van der Waals surface area contributed by atoms with Crippen molar-refractivity contribution in [2.75, 3.05) is 0 Å². The van der Waals surface area contributed by atoms with Crippen LogP contribution in [0, 0.1) is 0 Å². The Kier molecular flexibility index (Phi) is 3.65. The summed E-state index contributed by atoms with van der Waals surface area (Å²) in [7, 11) is 0. The van der Waals surface area contributed by atoms with Crippen molar-refractivity contribution < 1.29 is 4.79 Å². The van der Waals surface area contributed by atoms with Crippen LogP contribution in [0.4, 0.5) is 0 Å². The van der Waals surface area contributed by atoms with Crippen molar-refractivity contribution in [3.8, 4) is 0 Å². The Morgan fingerprint density at radius 3 is 2.48 bits per heavy atom. The van der Waals surface area contributed by atoms with Crippen LogP contribution in [-0.2, 0) is 10.2 Å². The highest BCUT2D eigenvalue weighted by atomic mass is 16.1. The zero-order valence-electron chi connectivity index (χ0n) is 13.4. The SMILES string of the molecule is O=C1CCC[C@]2(CC/C(=C\c3ccccc3)c3ccccc32)C1. The normalized spacial score (nSPS) is 25.6. The molecule has 2 aliphatic rings. The molecule has 0 aromatic heterocycles. The lowest BCUT2D eigenvalue weighted by atomic mass is 9.61. The average molecular weight is 302 g/mol. The van der Waals surface area contributed by atoms with Gasteiger partial charge in [-0.15, -0.1) is 0 Å². The number of ketones is 1. The second kappa shape index (κ2) is 5.81. The molecule has 1 atom stereocenters. The predicted molar refractivity (Wildman–Crippen MR) is 95.1 cm³/mol. The minimum Gasteiger partial charge on any atom is -0.300 e. The number of carbonyl (C=O) groups is 1. The lowest BCUT2D eigenvalue weighted by Gasteiger charge is -2.42. The summed E-state index contributed by atoms with van der Waals surface area (Å²) in [4.78, 5) is 12.1. The van der Waals surface area contributed by atoms with Crippen LogP contribution in [0.25, 0.3) is 11.6 Å². The van der Waals surface area contributed by atoms with Crippen LogP contribution < -0.4 is 0 Å². The fourth-order valence-corrected chi connectivity index (χ4v) is 4.39. The second-order valence-corrected chi connectivity index (χ2v) is 6.98. The minimum absolute atomic E-state index is 0.0972. The molecule has 4 rings (SSSR count). The van der Waals surface area contributed by atoms with Gasteiger partial charge >= 0.3 is 0 Å². The van der Waals surface area contributed by atoms with Gasteiger partial charge in [-0.1, -0.05) is 60.7 Å². The van der Waals surface area contributed by atoms with Gasteiger partial charge in [0, 0.05) is 18.3 Å². The molecule has 0 heterocycles. The molecule has 2 aliphatic carbocycles. The van der Waals surface area contributed by atoms with Crippen LogP contribution in [-0.4, -0.2) is 5.78 Å². The molecule has 1 fully saturated rings. The Bertz CT molecular complexity index is 757. The first-order chi connectivity index (χ1) is 11.3. The van der Waals surface area contributed by atoms with Crippen molar-refractivity contribution in [1.29, 1.82) is 0 Å². The Balaban J connectivity index is 1.79. The Morgan fingerprint density at radius 1 is 0.870 bits per heavy atom. The molecule has 1 heteroatoms. The number of rotatable bonds is 1. The third-order valence-corrected chi connectivity index (χ3v) is 5.50. The van der Waals surface area contributed by atoms with E-state index >= 15 is 0 Å². The van der Waals surface area contributed by atoms with Crippen molar-refractivity contribution in [3.05, 3.63) is 71.3 Å². The van der Waals surface area contributed by atoms with E-state index < -0.39 is 0 Å². The number of hydrogen-bond donors (Lipinski definition) is 0. The van der Waals surface area contributed by atoms with Gasteiger partial charge in [0.25, 0.3) is 0 Å². The zero-order chi connectivity index (χ0) is 15.7. The molecule has 2 aromatic rings. The van der Waals surface area contributed by atoms with Gasteiger partial charge in [-0.2, -0.15) is 0 Å². The number of hydrogen-bond acceptors (Lipinski definition) is 1. The fourth-order valence-electron chi connectivity index (χ4n) is 4.39. The quantitative estimate of drug-likeness (QED) is 0.689. The smallest absolute Gasteiger partial charge is 0.133 e. The molecule has 116 valence electrons. The van der Waals surface area contributed by atoms with Gasteiger partial charge in [-0.25, -0.2) is 0 Å². The van der Waals surface area contributed by atoms with Gasteiger partial charge in [0.1, 0.15) is 5.78 Å². The number of Topliss-reactive ketones (excluding diaryl/α,β-unsaturated/α-hetero) is 1. The highest BCUT2D eigenvalue weighted by Crippen LogP contribution is 2.49. The summed E-state index contributed by atoms with van der Waals surface area (Å²) in [6.07, 6.45) is 8.21. The van der Waals surface area contributed by atoms with Gasteiger partial charge < -0.3 is 0 Å². The van der Waals surface area contributed by atoms with Gasteiger partial charge in [-0.05, 0) is 47.9 Å². The first-order valence-electron chi connectivity index (χ1n) is 8.64. The summed E-state index contributed by atoms with van der Waals surface area (Å²) in [5.41, 5.74) is 5.53. The van der Waals surface area contributed by atoms with E-state index in [-0.39, 0.29) is 5.41 Å². The van der Waals surface area contributed by atoms with Crippen LogP contribution in [0.5, 0.6) is 0 Å². The number of allylic oxidation sites excluding steroid dienone is 1. The molecule has 0 unspecified atom stereocenters. The Morgan fingerprint density at radius 2 is 1.65 bits per heavy atom. The summed E-state index contributed by atoms with van der Waals surface area (Å²) in [6, 6.07) is 19.3. The van der Waals surface area contributed by atoms with Gasteiger partial charge in [-0.3, -0.25) is 4.79 Å². The first-order valence-corrected chi connectivity index (χ1v) is 8.64. The fraction of sp³-hybridized carbons (Fsp3) is 0.318. The topological polar surface area (TPSA) is 17.1 Å². The van der Waals surface area contributed by atoms with Crippen molar-refractivity contribution in [2.45, 2.75) is 43.9 Å². The number of fused-ring (bicyclic) bond motifs is 2. The lowest BCUT2D eigenvalue weighted by molar-refractivity contribution is -0.122. The molecule has 0 amide bonds. The standard InChI is InChI=1S/C22H22O/c23-19-9-6-13-22(16-19)14-12-18(15-17-7-2-1-3-8-17)20-10-4-5-11-21(20)22/h1-5,7-8,10-11,15H,6,9,12-14,16H2/b18-15+/t22-/m0/s1. The maximum atomic E-state index is 12.1. The average Bonchev–Trinajstić information content (AvgIpc) is 2.59. The van der Waals surface area contributed by atoms with Gasteiger partial charge in [0.05, 0.1) is 0 Å². The molecular weight excluding hydrogens is 280 g/mol. The van der Waals surface area contributed by atoms with E-state index in [2.05, 4.69) is 60.7 Å². The lowest BCUT2D eigenvalue weighted by Crippen LogP contribution is -2.36. The minimum atomic E-state index is 0.0972. The summed E-state index contributed by atoms with van der Waals surface area (Å²) in [6.45, 7) is 0. The van der Waals surface area contributed by atoms with E-state index in [1.807, 2.05) is 0 Å². The highest BCUT2D eigenvalue weighted by Gasteiger charge is 2.41. The molecule has 0 aliphatic heterocycles. The number of benzene rings is 2. The van der Waals surface area contributed by atoms with Crippen LogP contribution in [0.1, 0.15) is 55.2 Å². The summed E-state index contributed by atoms with van der Waals surface area (Å²) >= 11 is 0.